The van der Waals surface area contributed by atoms with E-state index in [-0.39, 0.29) is 44.5 Å². The van der Waals surface area contributed by atoms with E-state index < -0.39 is 13.0 Å². The third kappa shape index (κ3) is 4.51. The Morgan fingerprint density at radius 3 is 2.43 bits per heavy atom. The summed E-state index contributed by atoms with van der Waals surface area (Å²) in [5.41, 5.74) is 0.371. The van der Waals surface area contributed by atoms with Gasteiger partial charge in [-0.1, -0.05) is 17.7 Å². The van der Waals surface area contributed by atoms with E-state index in [1.54, 1.807) is 14.1 Å². The van der Waals surface area contributed by atoms with E-state index in [1.165, 1.54) is 42.3 Å². The maximum atomic E-state index is 12.6. The number of methoxy groups -OCH3 is 1. The first-order chi connectivity index (χ1) is 13.2. The van der Waals surface area contributed by atoms with Crippen molar-refractivity contribution in [3.8, 4) is 5.75 Å². The van der Waals surface area contributed by atoms with E-state index in [4.69, 9.17) is 16.3 Å². The zero-order chi connectivity index (χ0) is 21.0. The number of rotatable bonds is 6. The van der Waals surface area contributed by atoms with Crippen LogP contribution in [0.2, 0.25) is 5.02 Å². The van der Waals surface area contributed by atoms with Crippen molar-refractivity contribution in [2.24, 2.45) is 0 Å². The van der Waals surface area contributed by atoms with Crippen molar-refractivity contribution in [3.63, 3.8) is 0 Å². The van der Waals surface area contributed by atoms with Crippen LogP contribution in [0.15, 0.2) is 30.3 Å². The van der Waals surface area contributed by atoms with Crippen molar-refractivity contribution in [2.75, 3.05) is 26.5 Å². The molecule has 2 rings (SSSR count). The predicted molar refractivity (Wildman–Crippen MR) is 106 cm³/mol. The lowest BCUT2D eigenvalue weighted by Crippen LogP contribution is -2.33. The Morgan fingerprint density at radius 2 is 1.89 bits per heavy atom. The van der Waals surface area contributed by atoms with Crippen LogP contribution < -0.4 is 15.5 Å². The summed E-state index contributed by atoms with van der Waals surface area (Å²) >= 11 is 6.08. The van der Waals surface area contributed by atoms with Gasteiger partial charge in [-0.25, -0.2) is 0 Å². The van der Waals surface area contributed by atoms with Crippen LogP contribution in [0, 0.1) is 0 Å². The number of hydrogen-bond donors (Lipinski definition) is 3. The van der Waals surface area contributed by atoms with Crippen LogP contribution in [-0.4, -0.2) is 61.4 Å². The lowest BCUT2D eigenvalue weighted by atomic mass is 9.77. The quantitative estimate of drug-likeness (QED) is 0.484. The van der Waals surface area contributed by atoms with Crippen LogP contribution in [-0.2, 0) is 0 Å². The van der Waals surface area contributed by atoms with Gasteiger partial charge in [0.25, 0.3) is 11.8 Å². The van der Waals surface area contributed by atoms with Gasteiger partial charge in [0.1, 0.15) is 6.29 Å². The van der Waals surface area contributed by atoms with Crippen LogP contribution in [0.25, 0.3) is 0 Å². The number of carbonyl (C=O) groups is 3. The molecule has 0 aliphatic carbocycles. The molecule has 28 heavy (non-hydrogen) atoms. The van der Waals surface area contributed by atoms with Gasteiger partial charge in [0.2, 0.25) is 0 Å². The van der Waals surface area contributed by atoms with Crippen molar-refractivity contribution in [3.05, 3.63) is 52.0 Å². The maximum Gasteiger partial charge on any atom is 0.489 e. The molecule has 2 aromatic rings. The molecular weight excluding hydrogens is 386 g/mol. The van der Waals surface area contributed by atoms with Gasteiger partial charge in [-0.3, -0.25) is 14.4 Å². The zero-order valence-electron chi connectivity index (χ0n) is 15.4. The average molecular weight is 405 g/mol. The van der Waals surface area contributed by atoms with Crippen molar-refractivity contribution < 1.29 is 29.2 Å². The van der Waals surface area contributed by atoms with Gasteiger partial charge in [0.05, 0.1) is 18.4 Å². The molecule has 0 bridgehead atoms. The minimum absolute atomic E-state index is 0.0225. The number of nitrogens with one attached hydrogen (secondary N) is 1. The Hall–Kier alpha value is -2.88. The number of amides is 2. The highest BCUT2D eigenvalue weighted by molar-refractivity contribution is 6.60. The molecule has 0 aromatic heterocycles. The summed E-state index contributed by atoms with van der Waals surface area (Å²) in [6.45, 7) is 0. The summed E-state index contributed by atoms with van der Waals surface area (Å²) in [7, 11) is 2.65. The van der Waals surface area contributed by atoms with Crippen LogP contribution in [0.3, 0.4) is 0 Å². The number of anilines is 1. The lowest BCUT2D eigenvalue weighted by molar-refractivity contribution is 0.0823. The van der Waals surface area contributed by atoms with Crippen molar-refractivity contribution >= 4 is 48.0 Å². The lowest BCUT2D eigenvalue weighted by Gasteiger charge is -2.17. The van der Waals surface area contributed by atoms with Gasteiger partial charge < -0.3 is 25.0 Å². The first-order valence-electron chi connectivity index (χ1n) is 8.05. The molecule has 0 aliphatic heterocycles. The highest BCUT2D eigenvalue weighted by atomic mass is 35.5. The van der Waals surface area contributed by atoms with Crippen molar-refractivity contribution in [1.82, 2.24) is 4.90 Å². The Labute approximate surface area is 166 Å². The number of hydrogen-bond acceptors (Lipinski definition) is 6. The Balaban J connectivity index is 2.44. The number of halogens is 1. The van der Waals surface area contributed by atoms with Gasteiger partial charge in [-0.2, -0.15) is 0 Å². The number of benzene rings is 2. The molecule has 0 fully saturated rings. The molecule has 0 heterocycles. The Morgan fingerprint density at radius 1 is 1.21 bits per heavy atom. The van der Waals surface area contributed by atoms with Crippen LogP contribution in [0.4, 0.5) is 5.69 Å². The van der Waals surface area contributed by atoms with E-state index in [0.717, 1.165) is 0 Å². The highest BCUT2D eigenvalue weighted by Gasteiger charge is 2.22. The summed E-state index contributed by atoms with van der Waals surface area (Å²) in [6, 6.07) is 6.68. The van der Waals surface area contributed by atoms with Gasteiger partial charge in [-0.15, -0.1) is 0 Å². The van der Waals surface area contributed by atoms with Gasteiger partial charge in [0.15, 0.2) is 5.75 Å². The first kappa shape index (κ1) is 21.4. The monoisotopic (exact) mass is 404 g/mol. The second-order valence-electron chi connectivity index (χ2n) is 6.02. The SMILES string of the molecule is COc1c(NC(=O)c2ccc(B(O)O)c(C=O)c2)cc(Cl)cc1C(=O)N(C)C. The van der Waals surface area contributed by atoms with E-state index in [2.05, 4.69) is 5.32 Å². The van der Waals surface area contributed by atoms with Crippen LogP contribution in [0.5, 0.6) is 5.75 Å². The minimum atomic E-state index is -1.84. The van der Waals surface area contributed by atoms with Gasteiger partial charge in [-0.05, 0) is 29.7 Å². The molecule has 3 N–H and O–H groups in total. The molecule has 0 atom stereocenters. The standard InChI is InChI=1S/C18H18BClN2O6/c1-22(2)18(25)13-7-12(20)8-15(16(13)28-3)21-17(24)10-4-5-14(19(26)27)11(6-10)9-23/h4-9,26-27H,1-3H3,(H,21,24). The molecule has 2 amide bonds. The summed E-state index contributed by atoms with van der Waals surface area (Å²) in [5, 5.41) is 21.3. The molecule has 0 unspecified atom stereocenters. The normalized spacial score (nSPS) is 10.2. The summed E-state index contributed by atoms with van der Waals surface area (Å²) in [5.74, 6) is -0.834. The third-order valence-electron chi connectivity index (χ3n) is 3.90. The van der Waals surface area contributed by atoms with Crippen molar-refractivity contribution in [2.45, 2.75) is 0 Å². The molecule has 0 saturated carbocycles. The number of aldehydes is 1. The fourth-order valence-corrected chi connectivity index (χ4v) is 2.77. The third-order valence-corrected chi connectivity index (χ3v) is 4.11. The smallest absolute Gasteiger partial charge is 0.489 e. The molecule has 0 aliphatic rings. The summed E-state index contributed by atoms with van der Waals surface area (Å²) in [6.07, 6.45) is 0.416. The molecule has 0 saturated heterocycles. The zero-order valence-corrected chi connectivity index (χ0v) is 16.1. The van der Waals surface area contributed by atoms with Crippen LogP contribution in [0.1, 0.15) is 31.1 Å². The topological polar surface area (TPSA) is 116 Å². The fraction of sp³-hybridized carbons (Fsp3) is 0.167. The van der Waals surface area contributed by atoms with E-state index in [0.29, 0.717) is 6.29 Å². The Bertz CT molecular complexity index is 933. The number of nitrogens with zero attached hydrogens (tertiary/aromatic N) is 1. The van der Waals surface area contributed by atoms with Gasteiger partial charge in [0, 0.05) is 30.2 Å². The summed E-state index contributed by atoms with van der Waals surface area (Å²) < 4.78 is 5.29. The minimum Gasteiger partial charge on any atom is -0.494 e. The largest absolute Gasteiger partial charge is 0.494 e. The maximum absolute atomic E-state index is 12.6. The second-order valence-corrected chi connectivity index (χ2v) is 6.46. The Kier molecular flexibility index (Phi) is 6.79. The molecule has 2 aromatic carbocycles. The molecule has 10 heteroatoms. The second kappa shape index (κ2) is 8.88. The molecule has 0 radical (unpaired) electrons. The summed E-state index contributed by atoms with van der Waals surface area (Å²) in [4.78, 5) is 37.5. The first-order valence-corrected chi connectivity index (χ1v) is 8.43. The van der Waals surface area contributed by atoms with E-state index in [9.17, 15) is 24.4 Å². The predicted octanol–water partition coefficient (Wildman–Crippen LogP) is 0.795. The number of carbonyl (C=O) groups excluding carboxylic acids is 3. The molecule has 0 spiro atoms. The fourth-order valence-electron chi connectivity index (χ4n) is 2.55. The molecular formula is C18H18BClN2O6. The van der Waals surface area contributed by atoms with Gasteiger partial charge >= 0.3 is 7.12 Å². The molecule has 146 valence electrons. The van der Waals surface area contributed by atoms with E-state index >= 15 is 0 Å². The number of ether oxygens (including phenoxy) is 1. The molecule has 8 nitrogen and oxygen atoms in total. The van der Waals surface area contributed by atoms with Crippen LogP contribution >= 0.6 is 11.6 Å². The highest BCUT2D eigenvalue weighted by Crippen LogP contribution is 2.33. The average Bonchev–Trinajstić information content (AvgIpc) is 2.66. The van der Waals surface area contributed by atoms with E-state index in [1.807, 2.05) is 0 Å². The van der Waals surface area contributed by atoms with Crippen molar-refractivity contribution in [1.29, 1.82) is 0 Å².